The van der Waals surface area contributed by atoms with Crippen molar-refractivity contribution in [3.8, 4) is 0 Å². The molecular formula is C16H32N2OS2. The molecule has 2 aliphatic heterocycles. The minimum atomic E-state index is 0.934. The summed E-state index contributed by atoms with van der Waals surface area (Å²) in [6.07, 6.45) is 5.45. The molecule has 2 rings (SSSR count). The fraction of sp³-hybridized carbons (Fsp3) is 1.00. The van der Waals surface area contributed by atoms with Crippen molar-refractivity contribution in [2.75, 3.05) is 62.4 Å². The Morgan fingerprint density at radius 3 is 1.57 bits per heavy atom. The Labute approximate surface area is 139 Å². The third-order valence-corrected chi connectivity index (χ3v) is 6.69. The van der Waals surface area contributed by atoms with Gasteiger partial charge in [-0.15, -0.1) is 0 Å². The SMILES string of the molecule is C1CC(CSCCOCCSCC2CCNCC2)CCN1. The van der Waals surface area contributed by atoms with Crippen LogP contribution in [0.3, 0.4) is 0 Å². The van der Waals surface area contributed by atoms with Crippen molar-refractivity contribution in [1.82, 2.24) is 10.6 Å². The lowest BCUT2D eigenvalue weighted by molar-refractivity contribution is 0.167. The molecule has 2 fully saturated rings. The molecule has 5 heteroatoms. The lowest BCUT2D eigenvalue weighted by Gasteiger charge is -2.22. The molecule has 0 aliphatic carbocycles. The summed E-state index contributed by atoms with van der Waals surface area (Å²) in [5, 5.41) is 6.86. The number of nitrogens with one attached hydrogen (secondary N) is 2. The molecule has 0 radical (unpaired) electrons. The van der Waals surface area contributed by atoms with E-state index in [2.05, 4.69) is 34.2 Å². The first-order chi connectivity index (χ1) is 10.4. The number of rotatable bonds is 10. The fourth-order valence-corrected chi connectivity index (χ4v) is 5.07. The van der Waals surface area contributed by atoms with E-state index < -0.39 is 0 Å². The second-order valence-electron chi connectivity index (χ2n) is 6.15. The summed E-state index contributed by atoms with van der Waals surface area (Å²) in [6.45, 7) is 6.74. The first-order valence-corrected chi connectivity index (χ1v) is 10.9. The van der Waals surface area contributed by atoms with E-state index in [-0.39, 0.29) is 0 Å². The Balaban J connectivity index is 1.30. The molecule has 0 unspecified atom stereocenters. The summed E-state index contributed by atoms with van der Waals surface area (Å²) in [5.74, 6) is 6.88. The Hall–Kier alpha value is 0.580. The largest absolute Gasteiger partial charge is 0.380 e. The molecule has 124 valence electrons. The van der Waals surface area contributed by atoms with Gasteiger partial charge in [-0.05, 0) is 75.2 Å². The predicted molar refractivity (Wildman–Crippen MR) is 96.7 cm³/mol. The molecular weight excluding hydrogens is 300 g/mol. The van der Waals surface area contributed by atoms with Crippen LogP contribution in [0.5, 0.6) is 0 Å². The normalized spacial score (nSPS) is 21.7. The minimum absolute atomic E-state index is 0.934. The third kappa shape index (κ3) is 8.70. The van der Waals surface area contributed by atoms with E-state index in [0.29, 0.717) is 0 Å². The van der Waals surface area contributed by atoms with Gasteiger partial charge in [-0.3, -0.25) is 0 Å². The number of hydrogen-bond donors (Lipinski definition) is 2. The van der Waals surface area contributed by atoms with Crippen LogP contribution in [0.2, 0.25) is 0 Å². The molecule has 0 spiro atoms. The van der Waals surface area contributed by atoms with Crippen LogP contribution >= 0.6 is 23.5 Å². The zero-order chi connectivity index (χ0) is 14.6. The maximum absolute atomic E-state index is 5.75. The van der Waals surface area contributed by atoms with Gasteiger partial charge in [0.2, 0.25) is 0 Å². The van der Waals surface area contributed by atoms with Crippen LogP contribution in [0.15, 0.2) is 0 Å². The standard InChI is InChI=1S/C16H32N2OS2/c1-5-17-6-2-15(1)13-20-11-9-19-10-12-21-14-16-3-7-18-8-4-16/h15-18H,1-14H2. The second kappa shape index (κ2) is 12.1. The van der Waals surface area contributed by atoms with E-state index >= 15 is 0 Å². The molecule has 2 saturated heterocycles. The summed E-state index contributed by atoms with van der Waals surface area (Å²) in [6, 6.07) is 0. The van der Waals surface area contributed by atoms with Crippen molar-refractivity contribution in [2.24, 2.45) is 11.8 Å². The van der Waals surface area contributed by atoms with Crippen molar-refractivity contribution in [3.63, 3.8) is 0 Å². The van der Waals surface area contributed by atoms with E-state index in [1.165, 1.54) is 74.9 Å². The van der Waals surface area contributed by atoms with Crippen molar-refractivity contribution >= 4 is 23.5 Å². The van der Waals surface area contributed by atoms with Gasteiger partial charge >= 0.3 is 0 Å². The topological polar surface area (TPSA) is 33.3 Å². The van der Waals surface area contributed by atoms with Crippen LogP contribution in [0.25, 0.3) is 0 Å². The highest BCUT2D eigenvalue weighted by Crippen LogP contribution is 2.18. The Bertz CT molecular complexity index is 220. The van der Waals surface area contributed by atoms with Gasteiger partial charge in [-0.1, -0.05) is 0 Å². The molecule has 0 aromatic heterocycles. The fourth-order valence-electron chi connectivity index (χ4n) is 2.93. The molecule has 0 bridgehead atoms. The molecule has 0 atom stereocenters. The van der Waals surface area contributed by atoms with Gasteiger partial charge in [0.25, 0.3) is 0 Å². The first kappa shape index (κ1) is 17.9. The summed E-state index contributed by atoms with van der Waals surface area (Å²) in [5.41, 5.74) is 0. The van der Waals surface area contributed by atoms with E-state index in [1.54, 1.807) is 0 Å². The minimum Gasteiger partial charge on any atom is -0.380 e. The van der Waals surface area contributed by atoms with Gasteiger partial charge in [0.05, 0.1) is 13.2 Å². The summed E-state index contributed by atoms with van der Waals surface area (Å²) < 4.78 is 5.75. The van der Waals surface area contributed by atoms with E-state index in [9.17, 15) is 0 Å². The zero-order valence-electron chi connectivity index (χ0n) is 13.3. The molecule has 0 aromatic rings. The van der Waals surface area contributed by atoms with Crippen molar-refractivity contribution < 1.29 is 4.74 Å². The van der Waals surface area contributed by atoms with Crippen LogP contribution in [0.4, 0.5) is 0 Å². The smallest absolute Gasteiger partial charge is 0.0557 e. The maximum Gasteiger partial charge on any atom is 0.0557 e. The molecule has 3 nitrogen and oxygen atoms in total. The Morgan fingerprint density at radius 2 is 1.14 bits per heavy atom. The highest BCUT2D eigenvalue weighted by Gasteiger charge is 2.13. The lowest BCUT2D eigenvalue weighted by Crippen LogP contribution is -2.28. The van der Waals surface area contributed by atoms with Crippen LogP contribution < -0.4 is 10.6 Å². The Morgan fingerprint density at radius 1 is 0.714 bits per heavy atom. The monoisotopic (exact) mass is 332 g/mol. The number of hydrogen-bond acceptors (Lipinski definition) is 5. The summed E-state index contributed by atoms with van der Waals surface area (Å²) in [4.78, 5) is 0. The number of piperidine rings is 2. The van der Waals surface area contributed by atoms with Crippen LogP contribution in [-0.4, -0.2) is 62.4 Å². The number of thioether (sulfide) groups is 2. The lowest BCUT2D eigenvalue weighted by atomic mass is 10.0. The van der Waals surface area contributed by atoms with E-state index in [1.807, 2.05) is 0 Å². The molecule has 2 N–H and O–H groups in total. The molecule has 0 aromatic carbocycles. The first-order valence-electron chi connectivity index (χ1n) is 8.60. The van der Waals surface area contributed by atoms with Gasteiger partial charge in [0, 0.05) is 11.5 Å². The van der Waals surface area contributed by atoms with E-state index in [0.717, 1.165) is 25.0 Å². The van der Waals surface area contributed by atoms with Gasteiger partial charge in [0.15, 0.2) is 0 Å². The zero-order valence-corrected chi connectivity index (χ0v) is 14.9. The predicted octanol–water partition coefficient (Wildman–Crippen LogP) is 2.47. The van der Waals surface area contributed by atoms with Gasteiger partial charge in [0.1, 0.15) is 0 Å². The van der Waals surface area contributed by atoms with Crippen molar-refractivity contribution in [3.05, 3.63) is 0 Å². The highest BCUT2D eigenvalue weighted by molar-refractivity contribution is 7.99. The molecule has 2 heterocycles. The van der Waals surface area contributed by atoms with Crippen LogP contribution in [0, 0.1) is 11.8 Å². The average Bonchev–Trinajstić information content (AvgIpc) is 2.55. The highest BCUT2D eigenvalue weighted by atomic mass is 32.2. The summed E-state index contributed by atoms with van der Waals surface area (Å²) >= 11 is 4.16. The molecule has 2 aliphatic rings. The van der Waals surface area contributed by atoms with Gasteiger partial charge in [-0.25, -0.2) is 0 Å². The molecule has 0 saturated carbocycles. The summed E-state index contributed by atoms with van der Waals surface area (Å²) in [7, 11) is 0. The van der Waals surface area contributed by atoms with Crippen molar-refractivity contribution in [2.45, 2.75) is 25.7 Å². The van der Waals surface area contributed by atoms with Crippen LogP contribution in [0.1, 0.15) is 25.7 Å². The quantitative estimate of drug-likeness (QED) is 0.601. The van der Waals surface area contributed by atoms with Crippen molar-refractivity contribution in [1.29, 1.82) is 0 Å². The number of ether oxygens (including phenoxy) is 1. The average molecular weight is 333 g/mol. The van der Waals surface area contributed by atoms with E-state index in [4.69, 9.17) is 4.74 Å². The van der Waals surface area contributed by atoms with Crippen LogP contribution in [-0.2, 0) is 4.74 Å². The molecule has 21 heavy (non-hydrogen) atoms. The third-order valence-electron chi connectivity index (χ3n) is 4.37. The van der Waals surface area contributed by atoms with Gasteiger partial charge in [-0.2, -0.15) is 23.5 Å². The Kier molecular flexibility index (Phi) is 10.3. The second-order valence-corrected chi connectivity index (χ2v) is 8.45. The molecule has 0 amide bonds. The maximum atomic E-state index is 5.75. The van der Waals surface area contributed by atoms with Gasteiger partial charge < -0.3 is 15.4 Å².